The third kappa shape index (κ3) is 4.49. The SMILES string of the molecule is CCCC(C)NC(=O)CNCc1cnn(C)c1C. The van der Waals surface area contributed by atoms with Crippen molar-refractivity contribution in [2.75, 3.05) is 6.54 Å². The number of carbonyl (C=O) groups excluding carboxylic acids is 1. The standard InChI is InChI=1S/C13H24N4O/c1-5-6-10(2)16-13(18)9-14-7-12-8-15-17(4)11(12)3/h8,10,14H,5-7,9H2,1-4H3,(H,16,18). The molecule has 1 aromatic heterocycles. The summed E-state index contributed by atoms with van der Waals surface area (Å²) in [5.74, 6) is 0.0532. The van der Waals surface area contributed by atoms with Crippen LogP contribution in [0, 0.1) is 6.92 Å². The van der Waals surface area contributed by atoms with Gasteiger partial charge >= 0.3 is 0 Å². The van der Waals surface area contributed by atoms with Crippen LogP contribution in [-0.2, 0) is 18.4 Å². The van der Waals surface area contributed by atoms with Gasteiger partial charge in [0.25, 0.3) is 0 Å². The fourth-order valence-corrected chi connectivity index (χ4v) is 1.86. The fourth-order valence-electron chi connectivity index (χ4n) is 1.86. The van der Waals surface area contributed by atoms with E-state index in [-0.39, 0.29) is 11.9 Å². The van der Waals surface area contributed by atoms with Crippen LogP contribution in [0.1, 0.15) is 37.9 Å². The maximum atomic E-state index is 11.6. The van der Waals surface area contributed by atoms with Gasteiger partial charge < -0.3 is 10.6 Å². The van der Waals surface area contributed by atoms with E-state index < -0.39 is 0 Å². The highest BCUT2D eigenvalue weighted by atomic mass is 16.1. The van der Waals surface area contributed by atoms with E-state index in [1.807, 2.05) is 31.8 Å². The first-order valence-electron chi connectivity index (χ1n) is 6.52. The number of hydrogen-bond donors (Lipinski definition) is 2. The molecule has 1 rings (SSSR count). The van der Waals surface area contributed by atoms with Crippen LogP contribution < -0.4 is 10.6 Å². The highest BCUT2D eigenvalue weighted by Crippen LogP contribution is 2.04. The lowest BCUT2D eigenvalue weighted by atomic mass is 10.2. The van der Waals surface area contributed by atoms with E-state index in [1.54, 1.807) is 0 Å². The zero-order chi connectivity index (χ0) is 13.5. The molecule has 0 aliphatic heterocycles. The summed E-state index contributed by atoms with van der Waals surface area (Å²) in [5, 5.41) is 10.3. The summed E-state index contributed by atoms with van der Waals surface area (Å²) in [6, 6.07) is 0.254. The van der Waals surface area contributed by atoms with Crippen LogP contribution in [0.25, 0.3) is 0 Å². The molecule has 0 aliphatic rings. The lowest BCUT2D eigenvalue weighted by Crippen LogP contribution is -2.38. The van der Waals surface area contributed by atoms with E-state index in [0.29, 0.717) is 13.1 Å². The molecule has 18 heavy (non-hydrogen) atoms. The Hall–Kier alpha value is -1.36. The van der Waals surface area contributed by atoms with Gasteiger partial charge in [-0.1, -0.05) is 13.3 Å². The highest BCUT2D eigenvalue weighted by molar-refractivity contribution is 5.78. The number of hydrogen-bond acceptors (Lipinski definition) is 3. The van der Waals surface area contributed by atoms with Crippen molar-refractivity contribution in [2.24, 2.45) is 7.05 Å². The van der Waals surface area contributed by atoms with Gasteiger partial charge in [-0.15, -0.1) is 0 Å². The van der Waals surface area contributed by atoms with Gasteiger partial charge in [-0.25, -0.2) is 0 Å². The normalized spacial score (nSPS) is 12.4. The number of nitrogens with one attached hydrogen (secondary N) is 2. The number of aryl methyl sites for hydroxylation is 1. The molecule has 0 saturated heterocycles. The molecular formula is C13H24N4O. The molecular weight excluding hydrogens is 228 g/mol. The van der Waals surface area contributed by atoms with Crippen molar-refractivity contribution in [3.05, 3.63) is 17.5 Å². The number of aromatic nitrogens is 2. The van der Waals surface area contributed by atoms with Gasteiger partial charge in [-0.3, -0.25) is 9.48 Å². The lowest BCUT2D eigenvalue weighted by molar-refractivity contribution is -0.120. The smallest absolute Gasteiger partial charge is 0.234 e. The molecule has 1 aromatic rings. The molecule has 0 fully saturated rings. The van der Waals surface area contributed by atoms with Crippen LogP contribution in [0.2, 0.25) is 0 Å². The molecule has 5 heteroatoms. The van der Waals surface area contributed by atoms with Gasteiger partial charge in [0.2, 0.25) is 5.91 Å². The Bertz CT molecular complexity index is 386. The number of amides is 1. The number of carbonyl (C=O) groups is 1. The summed E-state index contributed by atoms with van der Waals surface area (Å²) in [5.41, 5.74) is 2.26. The number of nitrogens with zero attached hydrogens (tertiary/aromatic N) is 2. The Labute approximate surface area is 109 Å². The van der Waals surface area contributed by atoms with E-state index in [1.165, 1.54) is 0 Å². The maximum Gasteiger partial charge on any atom is 0.234 e. The Kier molecular flexibility index (Phi) is 5.85. The van der Waals surface area contributed by atoms with Crippen LogP contribution in [0.5, 0.6) is 0 Å². The summed E-state index contributed by atoms with van der Waals surface area (Å²) in [7, 11) is 1.91. The minimum absolute atomic E-state index is 0.0532. The van der Waals surface area contributed by atoms with E-state index in [4.69, 9.17) is 0 Å². The Balaban J connectivity index is 2.25. The average molecular weight is 252 g/mol. The van der Waals surface area contributed by atoms with Crippen molar-refractivity contribution in [1.82, 2.24) is 20.4 Å². The summed E-state index contributed by atoms with van der Waals surface area (Å²) in [6.45, 7) is 7.20. The third-order valence-electron chi connectivity index (χ3n) is 3.07. The first-order chi connectivity index (χ1) is 8.54. The second-order valence-corrected chi connectivity index (χ2v) is 4.74. The molecule has 5 nitrogen and oxygen atoms in total. The summed E-state index contributed by atoms with van der Waals surface area (Å²) in [4.78, 5) is 11.6. The predicted molar refractivity (Wildman–Crippen MR) is 72.2 cm³/mol. The quantitative estimate of drug-likeness (QED) is 0.764. The van der Waals surface area contributed by atoms with E-state index in [9.17, 15) is 4.79 Å². The summed E-state index contributed by atoms with van der Waals surface area (Å²) < 4.78 is 1.83. The lowest BCUT2D eigenvalue weighted by Gasteiger charge is -2.13. The largest absolute Gasteiger partial charge is 0.353 e. The van der Waals surface area contributed by atoms with Gasteiger partial charge in [0.05, 0.1) is 12.7 Å². The molecule has 102 valence electrons. The van der Waals surface area contributed by atoms with Crippen LogP contribution in [0.15, 0.2) is 6.20 Å². The molecule has 0 saturated carbocycles. The van der Waals surface area contributed by atoms with Gasteiger partial charge in [-0.2, -0.15) is 5.10 Å². The Morgan fingerprint density at radius 2 is 2.28 bits per heavy atom. The molecule has 0 radical (unpaired) electrons. The number of rotatable bonds is 7. The predicted octanol–water partition coefficient (Wildman–Crippen LogP) is 1.12. The van der Waals surface area contributed by atoms with E-state index >= 15 is 0 Å². The van der Waals surface area contributed by atoms with Gasteiger partial charge in [0.1, 0.15) is 0 Å². The van der Waals surface area contributed by atoms with Crippen LogP contribution in [0.3, 0.4) is 0 Å². The van der Waals surface area contributed by atoms with Crippen LogP contribution in [0.4, 0.5) is 0 Å². The highest BCUT2D eigenvalue weighted by Gasteiger charge is 2.07. The third-order valence-corrected chi connectivity index (χ3v) is 3.07. The molecule has 1 atom stereocenters. The van der Waals surface area contributed by atoms with Gasteiger partial charge in [-0.05, 0) is 20.3 Å². The second-order valence-electron chi connectivity index (χ2n) is 4.74. The monoisotopic (exact) mass is 252 g/mol. The molecule has 1 heterocycles. The van der Waals surface area contributed by atoms with Crippen molar-refractivity contribution >= 4 is 5.91 Å². The molecule has 0 aliphatic carbocycles. The van der Waals surface area contributed by atoms with Gasteiger partial charge in [0.15, 0.2) is 0 Å². The first-order valence-corrected chi connectivity index (χ1v) is 6.52. The molecule has 1 amide bonds. The second kappa shape index (κ2) is 7.16. The zero-order valence-corrected chi connectivity index (χ0v) is 11.8. The Morgan fingerprint density at radius 3 is 2.83 bits per heavy atom. The summed E-state index contributed by atoms with van der Waals surface area (Å²) in [6.07, 6.45) is 3.94. The average Bonchev–Trinajstić information content (AvgIpc) is 2.61. The topological polar surface area (TPSA) is 59.0 Å². The molecule has 0 aromatic carbocycles. The molecule has 2 N–H and O–H groups in total. The van der Waals surface area contributed by atoms with Gasteiger partial charge in [0, 0.05) is 30.9 Å². The molecule has 1 unspecified atom stereocenters. The van der Waals surface area contributed by atoms with Crippen LogP contribution in [-0.4, -0.2) is 28.3 Å². The summed E-state index contributed by atoms with van der Waals surface area (Å²) >= 11 is 0. The van der Waals surface area contributed by atoms with E-state index in [2.05, 4.69) is 22.7 Å². The van der Waals surface area contributed by atoms with Crippen molar-refractivity contribution in [3.63, 3.8) is 0 Å². The van der Waals surface area contributed by atoms with Crippen molar-refractivity contribution in [2.45, 2.75) is 46.2 Å². The minimum Gasteiger partial charge on any atom is -0.353 e. The Morgan fingerprint density at radius 1 is 1.56 bits per heavy atom. The zero-order valence-electron chi connectivity index (χ0n) is 11.8. The van der Waals surface area contributed by atoms with Crippen LogP contribution >= 0.6 is 0 Å². The van der Waals surface area contributed by atoms with E-state index in [0.717, 1.165) is 24.1 Å². The molecule has 0 spiro atoms. The van der Waals surface area contributed by atoms with Crippen molar-refractivity contribution < 1.29 is 4.79 Å². The minimum atomic E-state index is 0.0532. The maximum absolute atomic E-state index is 11.6. The molecule has 0 bridgehead atoms. The fraction of sp³-hybridized carbons (Fsp3) is 0.692. The first kappa shape index (κ1) is 14.7. The van der Waals surface area contributed by atoms with Crippen molar-refractivity contribution in [1.29, 1.82) is 0 Å². The van der Waals surface area contributed by atoms with Crippen molar-refractivity contribution in [3.8, 4) is 0 Å².